The van der Waals surface area contributed by atoms with Gasteiger partial charge in [0.15, 0.2) is 0 Å². The standard InChI is InChI=1S/C17H20N2O2/c1-13-5-3-6-15(11-13)10-9-14(2)18-16-7-4-8-17(12-16)19(20)21/h3-8,11-12,14,18H,9-10H2,1-2H3. The fourth-order valence-electron chi connectivity index (χ4n) is 2.32. The molecule has 4 nitrogen and oxygen atoms in total. The SMILES string of the molecule is Cc1cccc(CCC(C)Nc2cccc([N+](=O)[O-])c2)c1. The smallest absolute Gasteiger partial charge is 0.271 e. The third-order valence-corrected chi connectivity index (χ3v) is 3.42. The Kier molecular flexibility index (Phi) is 4.93. The molecule has 1 atom stereocenters. The number of nitrogens with one attached hydrogen (secondary N) is 1. The largest absolute Gasteiger partial charge is 0.382 e. The van der Waals surface area contributed by atoms with Crippen molar-refractivity contribution in [1.29, 1.82) is 0 Å². The van der Waals surface area contributed by atoms with E-state index in [1.165, 1.54) is 17.2 Å². The Labute approximate surface area is 125 Å². The Balaban J connectivity index is 1.91. The van der Waals surface area contributed by atoms with E-state index in [9.17, 15) is 10.1 Å². The first-order chi connectivity index (χ1) is 10.0. The van der Waals surface area contributed by atoms with E-state index in [4.69, 9.17) is 0 Å². The number of hydrogen-bond acceptors (Lipinski definition) is 3. The molecule has 0 fully saturated rings. The second kappa shape index (κ2) is 6.88. The van der Waals surface area contributed by atoms with Gasteiger partial charge >= 0.3 is 0 Å². The van der Waals surface area contributed by atoms with Crippen LogP contribution in [0.4, 0.5) is 11.4 Å². The van der Waals surface area contributed by atoms with Gasteiger partial charge in [0.1, 0.15) is 0 Å². The number of nitro benzene ring substituents is 1. The Hall–Kier alpha value is -2.36. The van der Waals surface area contributed by atoms with Crippen LogP contribution in [0.15, 0.2) is 48.5 Å². The minimum atomic E-state index is -0.372. The van der Waals surface area contributed by atoms with Crippen LogP contribution in [0.1, 0.15) is 24.5 Å². The average molecular weight is 284 g/mol. The van der Waals surface area contributed by atoms with Gasteiger partial charge in [-0.25, -0.2) is 0 Å². The molecule has 0 bridgehead atoms. The highest BCUT2D eigenvalue weighted by molar-refractivity contribution is 5.51. The summed E-state index contributed by atoms with van der Waals surface area (Å²) in [7, 11) is 0. The molecule has 2 aromatic carbocycles. The van der Waals surface area contributed by atoms with Crippen LogP contribution in [0.25, 0.3) is 0 Å². The van der Waals surface area contributed by atoms with Crippen molar-refractivity contribution in [1.82, 2.24) is 0 Å². The summed E-state index contributed by atoms with van der Waals surface area (Å²) in [5, 5.41) is 14.1. The van der Waals surface area contributed by atoms with Crippen LogP contribution >= 0.6 is 0 Å². The molecule has 4 heteroatoms. The summed E-state index contributed by atoms with van der Waals surface area (Å²) >= 11 is 0. The zero-order chi connectivity index (χ0) is 15.2. The quantitative estimate of drug-likeness (QED) is 0.634. The summed E-state index contributed by atoms with van der Waals surface area (Å²) in [6.07, 6.45) is 1.97. The van der Waals surface area contributed by atoms with Crippen molar-refractivity contribution in [3.63, 3.8) is 0 Å². The molecule has 110 valence electrons. The van der Waals surface area contributed by atoms with Crippen LogP contribution in [0.2, 0.25) is 0 Å². The van der Waals surface area contributed by atoms with Gasteiger partial charge in [-0.05, 0) is 38.3 Å². The minimum absolute atomic E-state index is 0.117. The zero-order valence-corrected chi connectivity index (χ0v) is 12.4. The lowest BCUT2D eigenvalue weighted by Crippen LogP contribution is -2.16. The molecule has 0 amide bonds. The summed E-state index contributed by atoms with van der Waals surface area (Å²) < 4.78 is 0. The van der Waals surface area contributed by atoms with Crippen LogP contribution < -0.4 is 5.32 Å². The predicted molar refractivity (Wildman–Crippen MR) is 85.7 cm³/mol. The highest BCUT2D eigenvalue weighted by atomic mass is 16.6. The van der Waals surface area contributed by atoms with Crippen molar-refractivity contribution in [2.45, 2.75) is 32.7 Å². The third-order valence-electron chi connectivity index (χ3n) is 3.42. The Morgan fingerprint density at radius 1 is 1.19 bits per heavy atom. The van der Waals surface area contributed by atoms with E-state index in [1.807, 2.05) is 6.07 Å². The van der Waals surface area contributed by atoms with Crippen molar-refractivity contribution in [3.8, 4) is 0 Å². The van der Waals surface area contributed by atoms with Gasteiger partial charge in [-0.1, -0.05) is 35.9 Å². The molecule has 21 heavy (non-hydrogen) atoms. The summed E-state index contributed by atoms with van der Waals surface area (Å²) in [6, 6.07) is 15.4. The Bertz CT molecular complexity index is 626. The van der Waals surface area contributed by atoms with Crippen molar-refractivity contribution in [2.24, 2.45) is 0 Å². The molecule has 0 aromatic heterocycles. The third kappa shape index (κ3) is 4.60. The number of benzene rings is 2. The van der Waals surface area contributed by atoms with E-state index in [2.05, 4.69) is 43.4 Å². The first-order valence-corrected chi connectivity index (χ1v) is 7.11. The number of anilines is 1. The van der Waals surface area contributed by atoms with E-state index in [-0.39, 0.29) is 16.7 Å². The molecule has 0 saturated heterocycles. The average Bonchev–Trinajstić information content (AvgIpc) is 2.45. The van der Waals surface area contributed by atoms with Gasteiger partial charge in [-0.3, -0.25) is 10.1 Å². The number of nitro groups is 1. The molecule has 1 unspecified atom stereocenters. The van der Waals surface area contributed by atoms with Gasteiger partial charge in [0.05, 0.1) is 4.92 Å². The molecule has 0 heterocycles. The Morgan fingerprint density at radius 3 is 2.67 bits per heavy atom. The monoisotopic (exact) mass is 284 g/mol. The summed E-state index contributed by atoms with van der Waals surface area (Å²) in [5.41, 5.74) is 3.50. The molecular weight excluding hydrogens is 264 g/mol. The van der Waals surface area contributed by atoms with Gasteiger partial charge < -0.3 is 5.32 Å². The second-order valence-corrected chi connectivity index (χ2v) is 5.38. The van der Waals surface area contributed by atoms with Gasteiger partial charge in [0.2, 0.25) is 0 Å². The number of aryl methyl sites for hydroxylation is 2. The van der Waals surface area contributed by atoms with Crippen LogP contribution in [0, 0.1) is 17.0 Å². The maximum absolute atomic E-state index is 10.8. The maximum atomic E-state index is 10.8. The van der Waals surface area contributed by atoms with Gasteiger partial charge in [0.25, 0.3) is 5.69 Å². The number of nitrogens with zero attached hydrogens (tertiary/aromatic N) is 1. The first-order valence-electron chi connectivity index (χ1n) is 7.11. The lowest BCUT2D eigenvalue weighted by molar-refractivity contribution is -0.384. The molecule has 0 aliphatic heterocycles. The Morgan fingerprint density at radius 2 is 1.95 bits per heavy atom. The van der Waals surface area contributed by atoms with Crippen molar-refractivity contribution < 1.29 is 4.92 Å². The highest BCUT2D eigenvalue weighted by Gasteiger charge is 2.08. The molecular formula is C17H20N2O2. The molecule has 2 rings (SSSR count). The molecule has 0 aliphatic rings. The molecule has 0 aliphatic carbocycles. The topological polar surface area (TPSA) is 55.2 Å². The minimum Gasteiger partial charge on any atom is -0.382 e. The number of hydrogen-bond donors (Lipinski definition) is 1. The summed E-state index contributed by atoms with van der Waals surface area (Å²) in [4.78, 5) is 10.4. The first kappa shape index (κ1) is 15.0. The highest BCUT2D eigenvalue weighted by Crippen LogP contribution is 2.18. The summed E-state index contributed by atoms with van der Waals surface area (Å²) in [5.74, 6) is 0. The molecule has 0 spiro atoms. The fourth-order valence-corrected chi connectivity index (χ4v) is 2.32. The van der Waals surface area contributed by atoms with E-state index >= 15 is 0 Å². The van der Waals surface area contributed by atoms with Crippen molar-refractivity contribution in [3.05, 3.63) is 69.8 Å². The van der Waals surface area contributed by atoms with Crippen LogP contribution in [-0.2, 0) is 6.42 Å². The molecule has 0 saturated carbocycles. The van der Waals surface area contributed by atoms with Gasteiger partial charge in [0, 0.05) is 23.9 Å². The van der Waals surface area contributed by atoms with E-state index in [0.717, 1.165) is 18.5 Å². The van der Waals surface area contributed by atoms with E-state index in [1.54, 1.807) is 12.1 Å². The van der Waals surface area contributed by atoms with Crippen LogP contribution in [0.3, 0.4) is 0 Å². The number of non-ortho nitro benzene ring substituents is 1. The van der Waals surface area contributed by atoms with Crippen molar-refractivity contribution >= 4 is 11.4 Å². The summed E-state index contributed by atoms with van der Waals surface area (Å²) in [6.45, 7) is 4.18. The van der Waals surface area contributed by atoms with Gasteiger partial charge in [-0.15, -0.1) is 0 Å². The normalized spacial score (nSPS) is 11.9. The molecule has 1 N–H and O–H groups in total. The van der Waals surface area contributed by atoms with Gasteiger partial charge in [-0.2, -0.15) is 0 Å². The number of rotatable bonds is 6. The predicted octanol–water partition coefficient (Wildman–Crippen LogP) is 4.34. The van der Waals surface area contributed by atoms with Crippen LogP contribution in [-0.4, -0.2) is 11.0 Å². The second-order valence-electron chi connectivity index (χ2n) is 5.38. The molecule has 0 radical (unpaired) electrons. The van der Waals surface area contributed by atoms with E-state index in [0.29, 0.717) is 0 Å². The zero-order valence-electron chi connectivity index (χ0n) is 12.4. The lowest BCUT2D eigenvalue weighted by atomic mass is 10.0. The lowest BCUT2D eigenvalue weighted by Gasteiger charge is -2.15. The maximum Gasteiger partial charge on any atom is 0.271 e. The van der Waals surface area contributed by atoms with Crippen LogP contribution in [0.5, 0.6) is 0 Å². The van der Waals surface area contributed by atoms with Crippen molar-refractivity contribution in [2.75, 3.05) is 5.32 Å². The van der Waals surface area contributed by atoms with E-state index < -0.39 is 0 Å². The molecule has 2 aromatic rings. The fraction of sp³-hybridized carbons (Fsp3) is 0.294.